The zero-order valence-corrected chi connectivity index (χ0v) is 18.5. The second-order valence-electron chi connectivity index (χ2n) is 8.73. The summed E-state index contributed by atoms with van der Waals surface area (Å²) < 4.78 is 0. The van der Waals surface area contributed by atoms with E-state index in [0.29, 0.717) is 0 Å². The van der Waals surface area contributed by atoms with Gasteiger partial charge in [-0.3, -0.25) is 0 Å². The Morgan fingerprint density at radius 2 is 1.21 bits per heavy atom. The summed E-state index contributed by atoms with van der Waals surface area (Å²) in [5.41, 5.74) is 6.58. The Labute approximate surface area is 177 Å². The molecule has 0 amide bonds. The molecule has 0 radical (unpaired) electrons. The molecule has 1 heterocycles. The largest absolute Gasteiger partial charge is 0.342 e. The van der Waals surface area contributed by atoms with Crippen LogP contribution < -0.4 is 0 Å². The van der Waals surface area contributed by atoms with Crippen molar-refractivity contribution in [2.45, 2.75) is 90.9 Å². The number of rotatable bonds is 13. The lowest BCUT2D eigenvalue weighted by Crippen LogP contribution is -1.90. The lowest BCUT2D eigenvalue weighted by molar-refractivity contribution is 0.550. The molecule has 0 bridgehead atoms. The molecular formula is C27H38N2. The number of para-hydroxylation sites is 2. The molecule has 0 atom stereocenters. The summed E-state index contributed by atoms with van der Waals surface area (Å²) in [6.45, 7) is 4.41. The SMILES string of the molecule is Cc1cc(C)cc(CCCCCCCCCCCCc2nc3ccccc3[nH]2)c1. The highest BCUT2D eigenvalue weighted by atomic mass is 14.9. The van der Waals surface area contributed by atoms with Crippen LogP contribution in [-0.2, 0) is 12.8 Å². The average Bonchev–Trinajstić information content (AvgIpc) is 3.11. The lowest BCUT2D eigenvalue weighted by atomic mass is 10.0. The number of aryl methyl sites for hydroxylation is 4. The number of fused-ring (bicyclic) bond motifs is 1. The molecule has 0 unspecified atom stereocenters. The highest BCUT2D eigenvalue weighted by Gasteiger charge is 2.01. The molecular weight excluding hydrogens is 352 g/mol. The molecule has 3 aromatic rings. The normalized spacial score (nSPS) is 11.4. The number of hydrogen-bond donors (Lipinski definition) is 1. The van der Waals surface area contributed by atoms with E-state index in [4.69, 9.17) is 0 Å². The third-order valence-electron chi connectivity index (χ3n) is 5.85. The van der Waals surface area contributed by atoms with Crippen LogP contribution in [0.2, 0.25) is 0 Å². The Morgan fingerprint density at radius 1 is 0.655 bits per heavy atom. The molecule has 2 nitrogen and oxygen atoms in total. The molecule has 1 N–H and O–H groups in total. The molecule has 0 fully saturated rings. The van der Waals surface area contributed by atoms with Crippen molar-refractivity contribution < 1.29 is 0 Å². The van der Waals surface area contributed by atoms with Crippen molar-refractivity contribution in [2.75, 3.05) is 0 Å². The maximum Gasteiger partial charge on any atom is 0.107 e. The van der Waals surface area contributed by atoms with Gasteiger partial charge >= 0.3 is 0 Å². The number of nitrogens with one attached hydrogen (secondary N) is 1. The highest BCUT2D eigenvalue weighted by molar-refractivity contribution is 5.74. The zero-order chi connectivity index (χ0) is 20.3. The molecule has 1 aromatic heterocycles. The molecule has 3 rings (SSSR count). The minimum Gasteiger partial charge on any atom is -0.342 e. The van der Waals surface area contributed by atoms with E-state index in [1.54, 1.807) is 0 Å². The van der Waals surface area contributed by atoms with Gasteiger partial charge in [0.25, 0.3) is 0 Å². The van der Waals surface area contributed by atoms with Crippen molar-refractivity contribution >= 4 is 11.0 Å². The number of nitrogens with zero attached hydrogens (tertiary/aromatic N) is 1. The van der Waals surface area contributed by atoms with Gasteiger partial charge in [0.1, 0.15) is 5.82 Å². The zero-order valence-electron chi connectivity index (χ0n) is 18.5. The molecule has 0 aliphatic heterocycles. The molecule has 0 spiro atoms. The minimum atomic E-state index is 1.08. The van der Waals surface area contributed by atoms with Crippen molar-refractivity contribution in [1.29, 1.82) is 0 Å². The van der Waals surface area contributed by atoms with Gasteiger partial charge in [-0.05, 0) is 50.8 Å². The van der Waals surface area contributed by atoms with Crippen LogP contribution in [0.1, 0.15) is 86.7 Å². The summed E-state index contributed by atoms with van der Waals surface area (Å²) in [7, 11) is 0. The van der Waals surface area contributed by atoms with E-state index in [-0.39, 0.29) is 0 Å². The Hall–Kier alpha value is -2.09. The fourth-order valence-corrected chi connectivity index (χ4v) is 4.37. The predicted molar refractivity (Wildman–Crippen MR) is 126 cm³/mol. The predicted octanol–water partition coefficient (Wildman–Crippen LogP) is 7.87. The molecule has 0 aliphatic carbocycles. The molecule has 2 aromatic carbocycles. The van der Waals surface area contributed by atoms with Gasteiger partial charge < -0.3 is 4.98 Å². The van der Waals surface area contributed by atoms with Gasteiger partial charge in [0.2, 0.25) is 0 Å². The molecule has 2 heteroatoms. The maximum atomic E-state index is 4.67. The van der Waals surface area contributed by atoms with Crippen LogP contribution in [0.25, 0.3) is 11.0 Å². The highest BCUT2D eigenvalue weighted by Crippen LogP contribution is 2.16. The first-order valence-electron chi connectivity index (χ1n) is 11.7. The Morgan fingerprint density at radius 3 is 1.83 bits per heavy atom. The summed E-state index contributed by atoms with van der Waals surface area (Å²) >= 11 is 0. The van der Waals surface area contributed by atoms with E-state index in [1.807, 2.05) is 0 Å². The van der Waals surface area contributed by atoms with E-state index in [0.717, 1.165) is 23.3 Å². The number of H-pyrrole nitrogens is 1. The summed E-state index contributed by atoms with van der Waals surface area (Å²) in [5.74, 6) is 1.15. The van der Waals surface area contributed by atoms with Crippen LogP contribution in [0.3, 0.4) is 0 Å². The Kier molecular flexibility index (Phi) is 8.80. The third kappa shape index (κ3) is 7.68. The van der Waals surface area contributed by atoms with Crippen LogP contribution in [0.4, 0.5) is 0 Å². The first kappa shape index (κ1) is 21.6. The van der Waals surface area contributed by atoms with E-state index in [1.165, 1.54) is 87.3 Å². The number of hydrogen-bond acceptors (Lipinski definition) is 1. The smallest absolute Gasteiger partial charge is 0.107 e. The summed E-state index contributed by atoms with van der Waals surface area (Å²) in [6.07, 6.45) is 16.0. The standard InChI is InChI=1S/C27H38N2/c1-22-19-23(2)21-24(20-22)15-11-9-7-5-3-4-6-8-10-12-18-27-28-25-16-13-14-17-26(25)29-27/h13-14,16-17,19-21H,3-12,15,18H2,1-2H3,(H,28,29). The number of aromatic amines is 1. The molecule has 0 aliphatic rings. The van der Waals surface area contributed by atoms with Crippen LogP contribution >= 0.6 is 0 Å². The fourth-order valence-electron chi connectivity index (χ4n) is 4.37. The summed E-state index contributed by atoms with van der Waals surface area (Å²) in [5, 5.41) is 0. The fraction of sp³-hybridized carbons (Fsp3) is 0.519. The molecule has 29 heavy (non-hydrogen) atoms. The van der Waals surface area contributed by atoms with Gasteiger partial charge in [-0.25, -0.2) is 4.98 Å². The van der Waals surface area contributed by atoms with Gasteiger partial charge in [0.15, 0.2) is 0 Å². The van der Waals surface area contributed by atoms with Crippen LogP contribution in [0, 0.1) is 13.8 Å². The second-order valence-corrected chi connectivity index (χ2v) is 8.73. The van der Waals surface area contributed by atoms with Gasteiger partial charge in [-0.1, -0.05) is 92.8 Å². The Balaban J connectivity index is 1.14. The maximum absolute atomic E-state index is 4.67. The van der Waals surface area contributed by atoms with Crippen LogP contribution in [-0.4, -0.2) is 9.97 Å². The van der Waals surface area contributed by atoms with Crippen molar-refractivity contribution in [3.05, 3.63) is 65.0 Å². The van der Waals surface area contributed by atoms with Crippen LogP contribution in [0.15, 0.2) is 42.5 Å². The summed E-state index contributed by atoms with van der Waals surface area (Å²) in [4.78, 5) is 8.10. The molecule has 0 saturated carbocycles. The third-order valence-corrected chi connectivity index (χ3v) is 5.85. The van der Waals surface area contributed by atoms with E-state index < -0.39 is 0 Å². The number of benzene rings is 2. The topological polar surface area (TPSA) is 28.7 Å². The number of imidazole rings is 1. The molecule has 0 saturated heterocycles. The number of unbranched alkanes of at least 4 members (excludes halogenated alkanes) is 9. The van der Waals surface area contributed by atoms with Gasteiger partial charge in [-0.15, -0.1) is 0 Å². The first-order chi connectivity index (χ1) is 14.2. The van der Waals surface area contributed by atoms with Crippen LogP contribution in [0.5, 0.6) is 0 Å². The van der Waals surface area contributed by atoms with Crippen molar-refractivity contribution in [3.63, 3.8) is 0 Å². The van der Waals surface area contributed by atoms with Gasteiger partial charge in [0.05, 0.1) is 11.0 Å². The Bertz CT molecular complexity index is 809. The second kappa shape index (κ2) is 11.8. The van der Waals surface area contributed by atoms with Crippen molar-refractivity contribution in [1.82, 2.24) is 9.97 Å². The van der Waals surface area contributed by atoms with Gasteiger partial charge in [-0.2, -0.15) is 0 Å². The lowest BCUT2D eigenvalue weighted by Gasteiger charge is -2.05. The van der Waals surface area contributed by atoms with Crippen molar-refractivity contribution in [2.24, 2.45) is 0 Å². The van der Waals surface area contributed by atoms with E-state index >= 15 is 0 Å². The van der Waals surface area contributed by atoms with Crippen molar-refractivity contribution in [3.8, 4) is 0 Å². The van der Waals surface area contributed by atoms with E-state index in [2.05, 4.69) is 66.3 Å². The molecule has 156 valence electrons. The summed E-state index contributed by atoms with van der Waals surface area (Å²) in [6, 6.07) is 15.3. The van der Waals surface area contributed by atoms with E-state index in [9.17, 15) is 0 Å². The minimum absolute atomic E-state index is 1.08. The monoisotopic (exact) mass is 390 g/mol. The van der Waals surface area contributed by atoms with Gasteiger partial charge in [0, 0.05) is 6.42 Å². The average molecular weight is 391 g/mol. The number of aromatic nitrogens is 2. The first-order valence-corrected chi connectivity index (χ1v) is 11.7. The quantitative estimate of drug-likeness (QED) is 0.296.